The van der Waals surface area contributed by atoms with E-state index in [2.05, 4.69) is 31.2 Å². The summed E-state index contributed by atoms with van der Waals surface area (Å²) in [6.07, 6.45) is 3.77. The van der Waals surface area contributed by atoms with Gasteiger partial charge in [0.2, 0.25) is 0 Å². The van der Waals surface area contributed by atoms with E-state index in [1.807, 2.05) is 6.92 Å². The highest BCUT2D eigenvalue weighted by molar-refractivity contribution is 5.27. The van der Waals surface area contributed by atoms with Gasteiger partial charge in [-0.25, -0.2) is 0 Å². The Balaban J connectivity index is 1.79. The van der Waals surface area contributed by atoms with E-state index in [1.165, 1.54) is 5.56 Å². The molecule has 2 heterocycles. The number of rotatable bonds is 3. The van der Waals surface area contributed by atoms with Crippen LogP contribution in [-0.2, 0) is 21.5 Å². The number of ether oxygens (including phenoxy) is 2. The quantitative estimate of drug-likeness (QED) is 0.930. The van der Waals surface area contributed by atoms with Gasteiger partial charge in [-0.1, -0.05) is 31.2 Å². The molecule has 1 aromatic carbocycles. The summed E-state index contributed by atoms with van der Waals surface area (Å²) in [5.41, 5.74) is 1.37. The second-order valence-electron chi connectivity index (χ2n) is 6.72. The fourth-order valence-electron chi connectivity index (χ4n) is 3.68. The molecule has 0 saturated carbocycles. The van der Waals surface area contributed by atoms with Crippen molar-refractivity contribution in [1.29, 1.82) is 0 Å². The predicted molar refractivity (Wildman–Crippen MR) is 82.2 cm³/mol. The standard InChI is InChI=1S/C18H26O3/c1-3-14-4-6-15(7-5-14)17(2,19)16-8-10-21-18(12-16)9-11-20-13-18/h4-7,16,19H,3,8-13H2,1-2H3. The molecule has 2 fully saturated rings. The first-order valence-electron chi connectivity index (χ1n) is 8.09. The minimum absolute atomic E-state index is 0.156. The van der Waals surface area contributed by atoms with Crippen molar-refractivity contribution in [3.63, 3.8) is 0 Å². The zero-order valence-electron chi connectivity index (χ0n) is 13.1. The molecule has 116 valence electrons. The van der Waals surface area contributed by atoms with Crippen molar-refractivity contribution in [2.75, 3.05) is 19.8 Å². The van der Waals surface area contributed by atoms with E-state index in [-0.39, 0.29) is 11.5 Å². The average Bonchev–Trinajstić information content (AvgIpc) is 2.95. The Hall–Kier alpha value is -0.900. The molecule has 0 aliphatic carbocycles. The Morgan fingerprint density at radius 1 is 1.29 bits per heavy atom. The van der Waals surface area contributed by atoms with Crippen molar-refractivity contribution in [3.8, 4) is 0 Å². The highest BCUT2D eigenvalue weighted by atomic mass is 16.6. The number of aliphatic hydroxyl groups is 1. The molecule has 1 spiro atoms. The maximum atomic E-state index is 11.1. The predicted octanol–water partition coefficient (Wildman–Crippen LogP) is 3.04. The summed E-state index contributed by atoms with van der Waals surface area (Å²) < 4.78 is 11.5. The first-order valence-corrected chi connectivity index (χ1v) is 8.09. The van der Waals surface area contributed by atoms with Crippen LogP contribution >= 0.6 is 0 Å². The molecule has 2 saturated heterocycles. The topological polar surface area (TPSA) is 38.7 Å². The molecule has 0 radical (unpaired) electrons. The minimum atomic E-state index is -0.800. The van der Waals surface area contributed by atoms with Crippen LogP contribution in [0.1, 0.15) is 44.2 Å². The van der Waals surface area contributed by atoms with Gasteiger partial charge in [0, 0.05) is 19.6 Å². The van der Waals surface area contributed by atoms with E-state index in [1.54, 1.807) is 0 Å². The molecule has 3 rings (SSSR count). The van der Waals surface area contributed by atoms with Crippen molar-refractivity contribution >= 4 is 0 Å². The van der Waals surface area contributed by atoms with Crippen LogP contribution in [0.5, 0.6) is 0 Å². The Morgan fingerprint density at radius 3 is 2.67 bits per heavy atom. The first kappa shape index (κ1) is 15.0. The molecule has 21 heavy (non-hydrogen) atoms. The van der Waals surface area contributed by atoms with Crippen LogP contribution in [-0.4, -0.2) is 30.5 Å². The van der Waals surface area contributed by atoms with Crippen molar-refractivity contribution in [3.05, 3.63) is 35.4 Å². The lowest BCUT2D eigenvalue weighted by Gasteiger charge is -2.43. The normalized spacial score (nSPS) is 32.2. The maximum absolute atomic E-state index is 11.1. The second-order valence-corrected chi connectivity index (χ2v) is 6.72. The number of aryl methyl sites for hydroxylation is 1. The molecular weight excluding hydrogens is 264 g/mol. The number of hydrogen-bond donors (Lipinski definition) is 1. The summed E-state index contributed by atoms with van der Waals surface area (Å²) in [5, 5.41) is 11.1. The van der Waals surface area contributed by atoms with Gasteiger partial charge >= 0.3 is 0 Å². The van der Waals surface area contributed by atoms with Crippen molar-refractivity contribution in [1.82, 2.24) is 0 Å². The van der Waals surface area contributed by atoms with Gasteiger partial charge in [0.25, 0.3) is 0 Å². The monoisotopic (exact) mass is 290 g/mol. The lowest BCUT2D eigenvalue weighted by Crippen LogP contribution is -2.46. The third-order valence-corrected chi connectivity index (χ3v) is 5.30. The van der Waals surface area contributed by atoms with Gasteiger partial charge in [-0.3, -0.25) is 0 Å². The van der Waals surface area contributed by atoms with E-state index in [0.29, 0.717) is 6.61 Å². The van der Waals surface area contributed by atoms with Gasteiger partial charge in [0.1, 0.15) is 0 Å². The Kier molecular flexibility index (Phi) is 4.08. The molecule has 2 aliphatic rings. The fraction of sp³-hybridized carbons (Fsp3) is 0.667. The summed E-state index contributed by atoms with van der Waals surface area (Å²) >= 11 is 0. The van der Waals surface area contributed by atoms with Crippen LogP contribution in [0.15, 0.2) is 24.3 Å². The van der Waals surface area contributed by atoms with Gasteiger partial charge < -0.3 is 14.6 Å². The Morgan fingerprint density at radius 2 is 2.05 bits per heavy atom. The van der Waals surface area contributed by atoms with Crippen LogP contribution in [0.2, 0.25) is 0 Å². The van der Waals surface area contributed by atoms with Crippen molar-refractivity contribution in [2.24, 2.45) is 5.92 Å². The van der Waals surface area contributed by atoms with Crippen LogP contribution in [0.25, 0.3) is 0 Å². The Bertz CT molecular complexity index is 472. The number of hydrogen-bond acceptors (Lipinski definition) is 3. The molecule has 3 unspecified atom stereocenters. The van der Waals surface area contributed by atoms with Crippen LogP contribution < -0.4 is 0 Å². The summed E-state index contributed by atoms with van der Waals surface area (Å²) in [7, 11) is 0. The molecule has 1 aromatic rings. The van der Waals surface area contributed by atoms with Gasteiger partial charge in [-0.05, 0) is 43.2 Å². The summed E-state index contributed by atoms with van der Waals surface area (Å²) in [6, 6.07) is 8.40. The molecule has 0 amide bonds. The molecule has 3 nitrogen and oxygen atoms in total. The largest absolute Gasteiger partial charge is 0.385 e. The van der Waals surface area contributed by atoms with Gasteiger partial charge in [0.15, 0.2) is 0 Å². The Labute approximate surface area is 127 Å². The van der Waals surface area contributed by atoms with Crippen LogP contribution in [0.4, 0.5) is 0 Å². The molecule has 3 heteroatoms. The number of benzene rings is 1. The average molecular weight is 290 g/mol. The zero-order valence-corrected chi connectivity index (χ0v) is 13.1. The third-order valence-electron chi connectivity index (χ3n) is 5.30. The SMILES string of the molecule is CCc1ccc(C(C)(O)C2CCOC3(CCOC3)C2)cc1. The van der Waals surface area contributed by atoms with E-state index in [0.717, 1.165) is 44.5 Å². The van der Waals surface area contributed by atoms with Gasteiger partial charge in [0.05, 0.1) is 17.8 Å². The molecule has 0 bridgehead atoms. The van der Waals surface area contributed by atoms with Crippen LogP contribution in [0.3, 0.4) is 0 Å². The van der Waals surface area contributed by atoms with E-state index >= 15 is 0 Å². The van der Waals surface area contributed by atoms with Gasteiger partial charge in [-0.15, -0.1) is 0 Å². The molecule has 3 atom stereocenters. The van der Waals surface area contributed by atoms with Gasteiger partial charge in [-0.2, -0.15) is 0 Å². The first-order chi connectivity index (χ1) is 10.1. The smallest absolute Gasteiger partial charge is 0.0940 e. The molecule has 0 aromatic heterocycles. The highest BCUT2D eigenvalue weighted by Gasteiger charge is 2.46. The lowest BCUT2D eigenvalue weighted by molar-refractivity contribution is -0.140. The maximum Gasteiger partial charge on any atom is 0.0940 e. The van der Waals surface area contributed by atoms with Crippen LogP contribution in [0, 0.1) is 5.92 Å². The lowest BCUT2D eigenvalue weighted by atomic mass is 9.73. The van der Waals surface area contributed by atoms with Crippen molar-refractivity contribution < 1.29 is 14.6 Å². The summed E-state index contributed by atoms with van der Waals surface area (Å²) in [6.45, 7) is 6.27. The minimum Gasteiger partial charge on any atom is -0.385 e. The fourth-order valence-corrected chi connectivity index (χ4v) is 3.68. The highest BCUT2D eigenvalue weighted by Crippen LogP contribution is 2.43. The third kappa shape index (κ3) is 2.87. The molecular formula is C18H26O3. The molecule has 2 aliphatic heterocycles. The summed E-state index contributed by atoms with van der Waals surface area (Å²) in [4.78, 5) is 0. The second kappa shape index (κ2) is 5.71. The summed E-state index contributed by atoms with van der Waals surface area (Å²) in [5.74, 6) is 0.223. The zero-order chi connectivity index (χ0) is 14.9. The molecule has 1 N–H and O–H groups in total. The van der Waals surface area contributed by atoms with E-state index in [4.69, 9.17) is 9.47 Å². The van der Waals surface area contributed by atoms with Crippen molar-refractivity contribution in [2.45, 2.75) is 50.7 Å². The van der Waals surface area contributed by atoms with E-state index in [9.17, 15) is 5.11 Å². The van der Waals surface area contributed by atoms with E-state index < -0.39 is 5.60 Å².